The van der Waals surface area contributed by atoms with E-state index in [0.717, 1.165) is 29.4 Å². The number of aromatic nitrogens is 6. The first-order chi connectivity index (χ1) is 13.3. The molecule has 1 fully saturated rings. The molecule has 0 aromatic carbocycles. The third-order valence-electron chi connectivity index (χ3n) is 5.10. The molecule has 0 bridgehead atoms. The predicted molar refractivity (Wildman–Crippen MR) is 99.5 cm³/mol. The SMILES string of the molecule is O=c1n(Cc2nc3ncccc3n2CCCF)c2cnccc2n1C1CC1. The van der Waals surface area contributed by atoms with Crippen LogP contribution in [0.5, 0.6) is 0 Å². The van der Waals surface area contributed by atoms with Crippen LogP contribution in [0.4, 0.5) is 4.39 Å². The summed E-state index contributed by atoms with van der Waals surface area (Å²) in [7, 11) is 0. The summed E-state index contributed by atoms with van der Waals surface area (Å²) in [5, 5.41) is 0. The first-order valence-corrected chi connectivity index (χ1v) is 9.19. The van der Waals surface area contributed by atoms with Crippen LogP contribution in [-0.2, 0) is 13.1 Å². The maximum Gasteiger partial charge on any atom is 0.329 e. The van der Waals surface area contributed by atoms with E-state index in [1.165, 1.54) is 0 Å². The molecule has 0 amide bonds. The van der Waals surface area contributed by atoms with Crippen LogP contribution >= 0.6 is 0 Å². The van der Waals surface area contributed by atoms with Gasteiger partial charge < -0.3 is 4.57 Å². The molecular weight excluding hydrogens is 347 g/mol. The van der Waals surface area contributed by atoms with Crippen molar-refractivity contribution in [3.8, 4) is 0 Å². The van der Waals surface area contributed by atoms with Gasteiger partial charge in [-0.25, -0.2) is 14.8 Å². The Hall–Kier alpha value is -3.03. The Kier molecular flexibility index (Phi) is 3.77. The van der Waals surface area contributed by atoms with Gasteiger partial charge in [-0.3, -0.25) is 18.5 Å². The molecule has 4 heterocycles. The highest BCUT2D eigenvalue weighted by molar-refractivity contribution is 5.75. The van der Waals surface area contributed by atoms with Crippen molar-refractivity contribution in [2.45, 2.75) is 38.4 Å². The molecule has 0 aliphatic heterocycles. The van der Waals surface area contributed by atoms with Crippen LogP contribution in [0.2, 0.25) is 0 Å². The molecule has 1 aliphatic carbocycles. The lowest BCUT2D eigenvalue weighted by Gasteiger charge is -2.08. The van der Waals surface area contributed by atoms with Crippen LogP contribution in [-0.4, -0.2) is 35.3 Å². The zero-order chi connectivity index (χ0) is 18.4. The van der Waals surface area contributed by atoms with Crippen LogP contribution in [0.15, 0.2) is 41.6 Å². The highest BCUT2D eigenvalue weighted by Gasteiger charge is 2.29. The largest absolute Gasteiger partial charge is 0.329 e. The van der Waals surface area contributed by atoms with Crippen LogP contribution in [0.1, 0.15) is 31.1 Å². The van der Waals surface area contributed by atoms with Crippen molar-refractivity contribution < 1.29 is 4.39 Å². The topological polar surface area (TPSA) is 70.5 Å². The quantitative estimate of drug-likeness (QED) is 0.526. The Balaban J connectivity index is 1.66. The molecule has 1 aliphatic rings. The van der Waals surface area contributed by atoms with E-state index in [9.17, 15) is 9.18 Å². The second-order valence-corrected chi connectivity index (χ2v) is 6.90. The smallest absolute Gasteiger partial charge is 0.325 e. The summed E-state index contributed by atoms with van der Waals surface area (Å²) in [6.45, 7) is 0.413. The summed E-state index contributed by atoms with van der Waals surface area (Å²) in [5.41, 5.74) is 3.13. The Bertz CT molecular complexity index is 1190. The molecule has 0 N–H and O–H groups in total. The Labute approximate surface area is 154 Å². The number of hydrogen-bond acceptors (Lipinski definition) is 4. The van der Waals surface area contributed by atoms with Gasteiger partial charge in [0.2, 0.25) is 0 Å². The Morgan fingerprint density at radius 2 is 2.00 bits per heavy atom. The normalized spacial score (nSPS) is 14.4. The molecule has 4 aromatic heterocycles. The van der Waals surface area contributed by atoms with Gasteiger partial charge in [0.05, 0.1) is 36.0 Å². The van der Waals surface area contributed by atoms with Crippen LogP contribution in [0.25, 0.3) is 22.2 Å². The molecule has 4 aromatic rings. The molecule has 0 saturated heterocycles. The average molecular weight is 366 g/mol. The third kappa shape index (κ3) is 2.63. The number of nitrogens with zero attached hydrogens (tertiary/aromatic N) is 6. The van der Waals surface area contributed by atoms with E-state index < -0.39 is 6.67 Å². The highest BCUT2D eigenvalue weighted by Crippen LogP contribution is 2.36. The van der Waals surface area contributed by atoms with Crippen molar-refractivity contribution in [1.82, 2.24) is 28.7 Å². The van der Waals surface area contributed by atoms with Gasteiger partial charge in [0.1, 0.15) is 5.82 Å². The third-order valence-corrected chi connectivity index (χ3v) is 5.10. The highest BCUT2D eigenvalue weighted by atomic mass is 19.1. The maximum absolute atomic E-state index is 13.1. The van der Waals surface area contributed by atoms with Gasteiger partial charge >= 0.3 is 5.69 Å². The Morgan fingerprint density at radius 1 is 1.11 bits per heavy atom. The van der Waals surface area contributed by atoms with E-state index in [0.29, 0.717) is 31.0 Å². The first-order valence-electron chi connectivity index (χ1n) is 9.19. The molecule has 8 heteroatoms. The average Bonchev–Trinajstić information content (AvgIpc) is 3.41. The van der Waals surface area contributed by atoms with Crippen molar-refractivity contribution in [2.75, 3.05) is 6.67 Å². The summed E-state index contributed by atoms with van der Waals surface area (Å²) in [5.74, 6) is 0.706. The fourth-order valence-corrected chi connectivity index (χ4v) is 3.70. The Morgan fingerprint density at radius 3 is 2.81 bits per heavy atom. The van der Waals surface area contributed by atoms with Crippen molar-refractivity contribution >= 4 is 22.2 Å². The molecular formula is C19H19FN6O. The molecule has 0 unspecified atom stereocenters. The van der Waals surface area contributed by atoms with Crippen molar-refractivity contribution in [3.05, 3.63) is 53.1 Å². The van der Waals surface area contributed by atoms with E-state index in [1.807, 2.05) is 27.3 Å². The van der Waals surface area contributed by atoms with Crippen molar-refractivity contribution in [3.63, 3.8) is 0 Å². The molecule has 0 radical (unpaired) electrons. The van der Waals surface area contributed by atoms with Crippen molar-refractivity contribution in [2.24, 2.45) is 0 Å². The molecule has 138 valence electrons. The van der Waals surface area contributed by atoms with E-state index in [2.05, 4.69) is 15.0 Å². The first kappa shape index (κ1) is 16.2. The number of imidazole rings is 2. The van der Waals surface area contributed by atoms with Gasteiger partial charge in [0, 0.05) is 25.0 Å². The summed E-state index contributed by atoms with van der Waals surface area (Å²) < 4.78 is 18.3. The van der Waals surface area contributed by atoms with Gasteiger partial charge in [-0.1, -0.05) is 0 Å². The van der Waals surface area contributed by atoms with E-state index >= 15 is 0 Å². The monoisotopic (exact) mass is 366 g/mol. The van der Waals surface area contributed by atoms with E-state index in [1.54, 1.807) is 23.2 Å². The predicted octanol–water partition coefficient (Wildman–Crippen LogP) is 2.69. The molecule has 1 saturated carbocycles. The van der Waals surface area contributed by atoms with Gasteiger partial charge in [-0.2, -0.15) is 0 Å². The summed E-state index contributed by atoms with van der Waals surface area (Å²) in [4.78, 5) is 26.2. The fraction of sp³-hybridized carbons (Fsp3) is 0.368. The lowest BCUT2D eigenvalue weighted by Crippen LogP contribution is -2.25. The van der Waals surface area contributed by atoms with E-state index in [-0.39, 0.29) is 11.7 Å². The minimum absolute atomic E-state index is 0.0439. The van der Waals surface area contributed by atoms with Gasteiger partial charge in [-0.05, 0) is 37.5 Å². The fourth-order valence-electron chi connectivity index (χ4n) is 3.70. The van der Waals surface area contributed by atoms with Crippen LogP contribution < -0.4 is 5.69 Å². The van der Waals surface area contributed by atoms with Gasteiger partial charge in [0.25, 0.3) is 0 Å². The van der Waals surface area contributed by atoms with Crippen LogP contribution in [0.3, 0.4) is 0 Å². The second kappa shape index (κ2) is 6.29. The number of pyridine rings is 2. The number of hydrogen-bond donors (Lipinski definition) is 0. The lowest BCUT2D eigenvalue weighted by molar-refractivity contribution is 0.444. The number of halogens is 1. The molecule has 0 spiro atoms. The molecule has 27 heavy (non-hydrogen) atoms. The second-order valence-electron chi connectivity index (χ2n) is 6.90. The summed E-state index contributed by atoms with van der Waals surface area (Å²) in [6, 6.07) is 5.93. The number of alkyl halides is 1. The molecule has 7 nitrogen and oxygen atoms in total. The zero-order valence-corrected chi connectivity index (χ0v) is 14.8. The van der Waals surface area contributed by atoms with Gasteiger partial charge in [0.15, 0.2) is 5.65 Å². The lowest BCUT2D eigenvalue weighted by atomic mass is 10.4. The molecule has 5 rings (SSSR count). The standard InChI is InChI=1S/C19H19FN6O/c20-7-2-10-24-15-3-1-8-22-18(15)23-17(24)12-25-16-11-21-9-6-14(16)26(19(25)27)13-4-5-13/h1,3,6,8-9,11,13H,2,4-5,7,10,12H2. The number of rotatable bonds is 6. The maximum atomic E-state index is 13.1. The minimum Gasteiger partial charge on any atom is -0.325 e. The number of fused-ring (bicyclic) bond motifs is 2. The summed E-state index contributed by atoms with van der Waals surface area (Å²) >= 11 is 0. The number of aryl methyl sites for hydroxylation is 1. The van der Waals surface area contributed by atoms with Crippen LogP contribution in [0, 0.1) is 0 Å². The zero-order valence-electron chi connectivity index (χ0n) is 14.8. The molecule has 0 atom stereocenters. The minimum atomic E-state index is -0.399. The van der Waals surface area contributed by atoms with Crippen molar-refractivity contribution in [1.29, 1.82) is 0 Å². The van der Waals surface area contributed by atoms with E-state index in [4.69, 9.17) is 0 Å². The van der Waals surface area contributed by atoms with Gasteiger partial charge in [-0.15, -0.1) is 0 Å². The summed E-state index contributed by atoms with van der Waals surface area (Å²) in [6.07, 6.45) is 7.58.